The number of carbonyl (C=O) groups excluding carboxylic acids is 1. The predicted octanol–water partition coefficient (Wildman–Crippen LogP) is 2.81. The number of para-hydroxylation sites is 1. The van der Waals surface area contributed by atoms with E-state index in [2.05, 4.69) is 16.7 Å². The van der Waals surface area contributed by atoms with Crippen molar-refractivity contribution in [3.8, 4) is 5.75 Å². The number of amides is 2. The molecule has 1 fully saturated rings. The lowest BCUT2D eigenvalue weighted by Crippen LogP contribution is -2.40. The second-order valence-corrected chi connectivity index (χ2v) is 6.29. The largest absolute Gasteiger partial charge is 0.493 e. The molecule has 2 heterocycles. The molecule has 2 aliphatic heterocycles. The van der Waals surface area contributed by atoms with Crippen molar-refractivity contribution in [3.63, 3.8) is 0 Å². The molecule has 0 bridgehead atoms. The Morgan fingerprint density at radius 1 is 1.13 bits per heavy atom. The lowest BCUT2D eigenvalue weighted by molar-refractivity contribution is 0.0120. The van der Waals surface area contributed by atoms with Crippen molar-refractivity contribution >= 4 is 6.03 Å². The Morgan fingerprint density at radius 2 is 2.04 bits per heavy atom. The minimum absolute atomic E-state index is 0.0928. The van der Waals surface area contributed by atoms with E-state index in [0.29, 0.717) is 31.7 Å². The summed E-state index contributed by atoms with van der Waals surface area (Å²) in [5, 5.41) is 5.92. The molecule has 23 heavy (non-hydrogen) atoms. The van der Waals surface area contributed by atoms with Crippen LogP contribution in [0.15, 0.2) is 24.3 Å². The quantitative estimate of drug-likeness (QED) is 0.877. The van der Waals surface area contributed by atoms with Crippen molar-refractivity contribution in [1.82, 2.24) is 10.6 Å². The van der Waals surface area contributed by atoms with Gasteiger partial charge in [0.05, 0.1) is 12.7 Å². The zero-order valence-corrected chi connectivity index (χ0v) is 13.6. The Morgan fingerprint density at radius 3 is 2.91 bits per heavy atom. The van der Waals surface area contributed by atoms with Gasteiger partial charge in [-0.2, -0.15) is 0 Å². The Hall–Kier alpha value is -1.75. The third kappa shape index (κ3) is 4.61. The maximum atomic E-state index is 11.9. The molecule has 5 nitrogen and oxygen atoms in total. The van der Waals surface area contributed by atoms with Crippen molar-refractivity contribution in [2.75, 3.05) is 26.3 Å². The van der Waals surface area contributed by atoms with Crippen molar-refractivity contribution in [3.05, 3.63) is 29.8 Å². The zero-order valence-electron chi connectivity index (χ0n) is 13.6. The van der Waals surface area contributed by atoms with Crippen LogP contribution >= 0.6 is 0 Å². The van der Waals surface area contributed by atoms with Gasteiger partial charge < -0.3 is 20.1 Å². The van der Waals surface area contributed by atoms with Gasteiger partial charge >= 0.3 is 6.03 Å². The van der Waals surface area contributed by atoms with E-state index in [-0.39, 0.29) is 6.03 Å². The molecule has 1 aromatic rings. The first kappa shape index (κ1) is 16.1. The average molecular weight is 318 g/mol. The van der Waals surface area contributed by atoms with Gasteiger partial charge in [-0.05, 0) is 43.7 Å². The molecule has 0 aromatic heterocycles. The summed E-state index contributed by atoms with van der Waals surface area (Å²) in [6.07, 6.45) is 5.66. The van der Waals surface area contributed by atoms with E-state index >= 15 is 0 Å². The third-order valence-corrected chi connectivity index (χ3v) is 4.62. The first-order valence-corrected chi connectivity index (χ1v) is 8.68. The maximum Gasteiger partial charge on any atom is 0.314 e. The number of nitrogens with one attached hydrogen (secondary N) is 2. The van der Waals surface area contributed by atoms with Gasteiger partial charge in [-0.3, -0.25) is 0 Å². The summed E-state index contributed by atoms with van der Waals surface area (Å²) in [4.78, 5) is 11.9. The molecular formula is C18H26N2O3. The first-order chi connectivity index (χ1) is 11.3. The number of benzene rings is 1. The highest BCUT2D eigenvalue weighted by atomic mass is 16.5. The molecule has 2 N–H and O–H groups in total. The van der Waals surface area contributed by atoms with Gasteiger partial charge in [0, 0.05) is 25.6 Å². The molecule has 0 spiro atoms. The Bertz CT molecular complexity index is 515. The van der Waals surface area contributed by atoms with Crippen LogP contribution in [-0.4, -0.2) is 38.4 Å². The van der Waals surface area contributed by atoms with E-state index in [0.717, 1.165) is 38.0 Å². The molecule has 0 radical (unpaired) electrons. The summed E-state index contributed by atoms with van der Waals surface area (Å²) in [7, 11) is 0. The highest BCUT2D eigenvalue weighted by Crippen LogP contribution is 2.32. The highest BCUT2D eigenvalue weighted by molar-refractivity contribution is 5.73. The lowest BCUT2D eigenvalue weighted by atomic mass is 9.93. The number of hydrogen-bond acceptors (Lipinski definition) is 3. The van der Waals surface area contributed by atoms with Crippen LogP contribution in [0.25, 0.3) is 0 Å². The first-order valence-electron chi connectivity index (χ1n) is 8.68. The van der Waals surface area contributed by atoms with E-state index in [9.17, 15) is 4.79 Å². The van der Waals surface area contributed by atoms with Gasteiger partial charge in [0.25, 0.3) is 0 Å². The van der Waals surface area contributed by atoms with Crippen LogP contribution < -0.4 is 15.4 Å². The monoisotopic (exact) mass is 318 g/mol. The van der Waals surface area contributed by atoms with E-state index in [4.69, 9.17) is 9.47 Å². The summed E-state index contributed by atoms with van der Waals surface area (Å²) in [5.41, 5.74) is 1.19. The van der Waals surface area contributed by atoms with Crippen LogP contribution in [-0.2, 0) is 4.74 Å². The summed E-state index contributed by atoms with van der Waals surface area (Å²) in [5.74, 6) is 1.27. The normalized spacial score (nSPS) is 23.5. The zero-order chi connectivity index (χ0) is 15.9. The molecule has 0 unspecified atom stereocenters. The second kappa shape index (κ2) is 8.20. The van der Waals surface area contributed by atoms with E-state index in [1.54, 1.807) is 0 Å². The van der Waals surface area contributed by atoms with Crippen molar-refractivity contribution < 1.29 is 14.3 Å². The third-order valence-electron chi connectivity index (χ3n) is 4.62. The van der Waals surface area contributed by atoms with Crippen LogP contribution in [0.1, 0.15) is 43.6 Å². The molecule has 1 aromatic carbocycles. The van der Waals surface area contributed by atoms with Crippen molar-refractivity contribution in [2.24, 2.45) is 0 Å². The van der Waals surface area contributed by atoms with Gasteiger partial charge in [0.1, 0.15) is 5.75 Å². The Balaban J connectivity index is 1.38. The van der Waals surface area contributed by atoms with E-state index in [1.165, 1.54) is 12.0 Å². The van der Waals surface area contributed by atoms with Crippen molar-refractivity contribution in [2.45, 2.75) is 44.1 Å². The van der Waals surface area contributed by atoms with Gasteiger partial charge in [0.2, 0.25) is 0 Å². The number of urea groups is 1. The summed E-state index contributed by atoms with van der Waals surface area (Å²) >= 11 is 0. The van der Waals surface area contributed by atoms with Crippen molar-refractivity contribution in [1.29, 1.82) is 0 Å². The topological polar surface area (TPSA) is 59.6 Å². The number of fused-ring (bicyclic) bond motifs is 1. The highest BCUT2D eigenvalue weighted by Gasteiger charge is 2.21. The molecule has 0 aliphatic carbocycles. The number of rotatable bonds is 5. The Kier molecular flexibility index (Phi) is 5.75. The fourth-order valence-corrected chi connectivity index (χ4v) is 3.29. The van der Waals surface area contributed by atoms with Gasteiger partial charge in [0.15, 0.2) is 0 Å². The standard InChI is InChI=1S/C18H26N2O3/c21-18(19-10-8-15-5-3-4-11-22-15)20-13-14-9-12-23-17-7-2-1-6-16(14)17/h1-2,6-7,14-15H,3-5,8-13H2,(H2,19,20,21)/t14-,15-/m1/s1. The van der Waals surface area contributed by atoms with Crippen LogP contribution in [0, 0.1) is 0 Å². The molecule has 126 valence electrons. The minimum Gasteiger partial charge on any atom is -0.493 e. The number of hydrogen-bond donors (Lipinski definition) is 2. The van der Waals surface area contributed by atoms with Gasteiger partial charge in [-0.25, -0.2) is 4.79 Å². The number of ether oxygens (including phenoxy) is 2. The SMILES string of the molecule is O=C(NCC[C@H]1CCCCO1)NC[C@H]1CCOc2ccccc21. The van der Waals surface area contributed by atoms with Crippen LogP contribution in [0.4, 0.5) is 4.79 Å². The van der Waals surface area contributed by atoms with E-state index < -0.39 is 0 Å². The maximum absolute atomic E-state index is 11.9. The summed E-state index contributed by atoms with van der Waals surface area (Å²) in [6, 6.07) is 7.98. The van der Waals surface area contributed by atoms with Crippen LogP contribution in [0.3, 0.4) is 0 Å². The lowest BCUT2D eigenvalue weighted by Gasteiger charge is -2.26. The smallest absolute Gasteiger partial charge is 0.314 e. The summed E-state index contributed by atoms with van der Waals surface area (Å²) in [6.45, 7) is 2.89. The molecule has 5 heteroatoms. The molecule has 2 aliphatic rings. The minimum atomic E-state index is -0.0928. The predicted molar refractivity (Wildman–Crippen MR) is 88.9 cm³/mol. The fraction of sp³-hybridized carbons (Fsp3) is 0.611. The van der Waals surface area contributed by atoms with Gasteiger partial charge in [-0.1, -0.05) is 18.2 Å². The Labute approximate surface area is 137 Å². The average Bonchev–Trinajstić information content (AvgIpc) is 2.61. The molecule has 1 saturated heterocycles. The van der Waals surface area contributed by atoms with Crippen LogP contribution in [0.2, 0.25) is 0 Å². The van der Waals surface area contributed by atoms with E-state index in [1.807, 2.05) is 18.2 Å². The molecule has 2 atom stereocenters. The molecule has 0 saturated carbocycles. The summed E-state index contributed by atoms with van der Waals surface area (Å²) < 4.78 is 11.3. The molecule has 2 amide bonds. The number of carbonyl (C=O) groups is 1. The fourth-order valence-electron chi connectivity index (χ4n) is 3.29. The van der Waals surface area contributed by atoms with Crippen LogP contribution in [0.5, 0.6) is 5.75 Å². The van der Waals surface area contributed by atoms with Gasteiger partial charge in [-0.15, -0.1) is 0 Å². The molecule has 3 rings (SSSR count). The molecular weight excluding hydrogens is 292 g/mol. The second-order valence-electron chi connectivity index (χ2n) is 6.29.